The molecular formula is C14H29N3O. The van der Waals surface area contributed by atoms with Crippen molar-refractivity contribution in [3.05, 3.63) is 0 Å². The number of piperazine rings is 1. The fraction of sp³-hybridized carbons (Fsp3) is 1.00. The largest absolute Gasteiger partial charge is 0.372 e. The number of hydrogen-bond donors (Lipinski definition) is 1. The molecule has 4 nitrogen and oxygen atoms in total. The van der Waals surface area contributed by atoms with Crippen LogP contribution in [0.3, 0.4) is 0 Å². The molecule has 0 aromatic heterocycles. The minimum Gasteiger partial charge on any atom is -0.372 e. The van der Waals surface area contributed by atoms with E-state index in [0.29, 0.717) is 12.2 Å². The minimum atomic E-state index is 0.451. The molecule has 0 aromatic carbocycles. The van der Waals surface area contributed by atoms with Gasteiger partial charge in [-0.25, -0.2) is 0 Å². The summed E-state index contributed by atoms with van der Waals surface area (Å²) in [6.07, 6.45) is 3.39. The van der Waals surface area contributed by atoms with Crippen LogP contribution in [0.5, 0.6) is 0 Å². The highest BCUT2D eigenvalue weighted by molar-refractivity contribution is 4.80. The third-order valence-corrected chi connectivity index (χ3v) is 4.19. The molecule has 0 spiro atoms. The van der Waals surface area contributed by atoms with Gasteiger partial charge in [0.1, 0.15) is 0 Å². The van der Waals surface area contributed by atoms with Gasteiger partial charge in [0.05, 0.1) is 12.2 Å². The van der Waals surface area contributed by atoms with Gasteiger partial charge in [-0.1, -0.05) is 13.8 Å². The average Bonchev–Trinajstić information content (AvgIpc) is 2.85. The fourth-order valence-electron chi connectivity index (χ4n) is 2.95. The molecule has 2 aliphatic heterocycles. The van der Waals surface area contributed by atoms with E-state index in [2.05, 4.69) is 29.0 Å². The molecule has 0 bridgehead atoms. The first-order chi connectivity index (χ1) is 8.81. The zero-order valence-corrected chi connectivity index (χ0v) is 12.0. The maximum atomic E-state index is 6.10. The normalized spacial score (nSPS) is 31.0. The number of nitrogens with zero attached hydrogens (tertiary/aromatic N) is 2. The summed E-state index contributed by atoms with van der Waals surface area (Å²) < 4.78 is 6.10. The molecule has 2 unspecified atom stereocenters. The van der Waals surface area contributed by atoms with Gasteiger partial charge in [0.25, 0.3) is 0 Å². The van der Waals surface area contributed by atoms with E-state index in [4.69, 9.17) is 4.74 Å². The van der Waals surface area contributed by atoms with Crippen LogP contribution in [0.2, 0.25) is 0 Å². The second kappa shape index (κ2) is 7.43. The standard InChI is InChI=1S/C14H29N3O/c1-3-15-11-13-5-6-14(18-13)12-17-9-7-16(4-2)8-10-17/h13-15H,3-12H2,1-2H3. The smallest absolute Gasteiger partial charge is 0.0707 e. The second-order valence-corrected chi connectivity index (χ2v) is 5.50. The van der Waals surface area contributed by atoms with Crippen LogP contribution in [0, 0.1) is 0 Å². The van der Waals surface area contributed by atoms with Crippen molar-refractivity contribution in [3.8, 4) is 0 Å². The third-order valence-electron chi connectivity index (χ3n) is 4.19. The molecule has 2 aliphatic rings. The van der Waals surface area contributed by atoms with Crippen LogP contribution in [0.1, 0.15) is 26.7 Å². The van der Waals surface area contributed by atoms with Crippen LogP contribution in [0.15, 0.2) is 0 Å². The molecule has 1 N–H and O–H groups in total. The molecule has 106 valence electrons. The lowest BCUT2D eigenvalue weighted by Crippen LogP contribution is -2.48. The highest BCUT2D eigenvalue weighted by Gasteiger charge is 2.27. The van der Waals surface area contributed by atoms with Crippen molar-refractivity contribution in [1.82, 2.24) is 15.1 Å². The zero-order valence-electron chi connectivity index (χ0n) is 12.0. The first-order valence-corrected chi connectivity index (χ1v) is 7.62. The molecule has 0 aliphatic carbocycles. The number of likely N-dealkylation sites (N-methyl/N-ethyl adjacent to an activating group) is 2. The van der Waals surface area contributed by atoms with Crippen molar-refractivity contribution < 1.29 is 4.74 Å². The predicted molar refractivity (Wildman–Crippen MR) is 75.0 cm³/mol. The molecule has 0 aromatic rings. The van der Waals surface area contributed by atoms with E-state index in [1.165, 1.54) is 45.6 Å². The lowest BCUT2D eigenvalue weighted by atomic mass is 10.2. The maximum absolute atomic E-state index is 6.10. The average molecular weight is 255 g/mol. The number of ether oxygens (including phenoxy) is 1. The summed E-state index contributed by atoms with van der Waals surface area (Å²) in [5, 5.41) is 3.38. The highest BCUT2D eigenvalue weighted by Crippen LogP contribution is 2.20. The first kappa shape index (κ1) is 14.3. The maximum Gasteiger partial charge on any atom is 0.0707 e. The Morgan fingerprint density at radius 2 is 1.67 bits per heavy atom. The molecule has 0 amide bonds. The lowest BCUT2D eigenvalue weighted by molar-refractivity contribution is 0.0133. The van der Waals surface area contributed by atoms with E-state index in [-0.39, 0.29) is 0 Å². The van der Waals surface area contributed by atoms with Crippen molar-refractivity contribution in [3.63, 3.8) is 0 Å². The van der Waals surface area contributed by atoms with Crippen LogP contribution < -0.4 is 5.32 Å². The SMILES string of the molecule is CCNCC1CCC(CN2CCN(CC)CC2)O1. The van der Waals surface area contributed by atoms with E-state index in [1.54, 1.807) is 0 Å². The number of hydrogen-bond acceptors (Lipinski definition) is 4. The molecule has 4 heteroatoms. The van der Waals surface area contributed by atoms with Crippen LogP contribution in [-0.4, -0.2) is 74.4 Å². The van der Waals surface area contributed by atoms with E-state index in [0.717, 1.165) is 19.6 Å². The fourth-order valence-corrected chi connectivity index (χ4v) is 2.95. The molecule has 2 fully saturated rings. The predicted octanol–water partition coefficient (Wildman–Crippen LogP) is 0.781. The van der Waals surface area contributed by atoms with Crippen molar-refractivity contribution in [1.29, 1.82) is 0 Å². The summed E-state index contributed by atoms with van der Waals surface area (Å²) in [5.41, 5.74) is 0. The summed E-state index contributed by atoms with van der Waals surface area (Å²) in [6, 6.07) is 0. The Labute approximate surface area is 112 Å². The van der Waals surface area contributed by atoms with E-state index >= 15 is 0 Å². The van der Waals surface area contributed by atoms with Crippen molar-refractivity contribution >= 4 is 0 Å². The van der Waals surface area contributed by atoms with Gasteiger partial charge in [-0.3, -0.25) is 4.90 Å². The van der Waals surface area contributed by atoms with Gasteiger partial charge < -0.3 is 15.0 Å². The molecule has 18 heavy (non-hydrogen) atoms. The molecule has 0 radical (unpaired) electrons. The van der Waals surface area contributed by atoms with Crippen molar-refractivity contribution in [2.75, 3.05) is 52.4 Å². The van der Waals surface area contributed by atoms with E-state index < -0.39 is 0 Å². The molecular weight excluding hydrogens is 226 g/mol. The quantitative estimate of drug-likeness (QED) is 0.759. The topological polar surface area (TPSA) is 27.7 Å². The summed E-state index contributed by atoms with van der Waals surface area (Å²) in [4.78, 5) is 5.10. The minimum absolute atomic E-state index is 0.451. The Kier molecular flexibility index (Phi) is 5.89. The molecule has 2 saturated heterocycles. The zero-order chi connectivity index (χ0) is 12.8. The molecule has 0 saturated carbocycles. The summed E-state index contributed by atoms with van der Waals surface area (Å²) in [7, 11) is 0. The molecule has 2 heterocycles. The Hall–Kier alpha value is -0.160. The highest BCUT2D eigenvalue weighted by atomic mass is 16.5. The monoisotopic (exact) mass is 255 g/mol. The Bertz CT molecular complexity index is 229. The van der Waals surface area contributed by atoms with Crippen LogP contribution >= 0.6 is 0 Å². The van der Waals surface area contributed by atoms with Gasteiger partial charge in [0, 0.05) is 39.3 Å². The van der Waals surface area contributed by atoms with Gasteiger partial charge in [-0.15, -0.1) is 0 Å². The van der Waals surface area contributed by atoms with Gasteiger partial charge in [-0.05, 0) is 25.9 Å². The second-order valence-electron chi connectivity index (χ2n) is 5.50. The number of nitrogens with one attached hydrogen (secondary N) is 1. The Balaban J connectivity index is 1.63. The van der Waals surface area contributed by atoms with Gasteiger partial charge in [0.15, 0.2) is 0 Å². The summed E-state index contributed by atoms with van der Waals surface area (Å²) in [6.45, 7) is 13.7. The van der Waals surface area contributed by atoms with Crippen LogP contribution in [0.25, 0.3) is 0 Å². The van der Waals surface area contributed by atoms with Crippen LogP contribution in [-0.2, 0) is 4.74 Å². The molecule has 2 atom stereocenters. The van der Waals surface area contributed by atoms with E-state index in [9.17, 15) is 0 Å². The van der Waals surface area contributed by atoms with Crippen molar-refractivity contribution in [2.45, 2.75) is 38.9 Å². The van der Waals surface area contributed by atoms with Gasteiger partial charge in [-0.2, -0.15) is 0 Å². The first-order valence-electron chi connectivity index (χ1n) is 7.62. The van der Waals surface area contributed by atoms with E-state index in [1.807, 2.05) is 0 Å². The number of rotatable bonds is 6. The summed E-state index contributed by atoms with van der Waals surface area (Å²) in [5.74, 6) is 0. The third kappa shape index (κ3) is 4.19. The Morgan fingerprint density at radius 1 is 1.00 bits per heavy atom. The molecule has 2 rings (SSSR count). The summed E-state index contributed by atoms with van der Waals surface area (Å²) >= 11 is 0. The van der Waals surface area contributed by atoms with Gasteiger partial charge >= 0.3 is 0 Å². The Morgan fingerprint density at radius 3 is 2.33 bits per heavy atom. The van der Waals surface area contributed by atoms with Crippen molar-refractivity contribution in [2.24, 2.45) is 0 Å². The van der Waals surface area contributed by atoms with Crippen LogP contribution in [0.4, 0.5) is 0 Å². The van der Waals surface area contributed by atoms with Gasteiger partial charge in [0.2, 0.25) is 0 Å². The lowest BCUT2D eigenvalue weighted by Gasteiger charge is -2.35.